The quantitative estimate of drug-likeness (QED) is 0.554. The summed E-state index contributed by atoms with van der Waals surface area (Å²) in [5, 5.41) is 0. The molecule has 0 aromatic heterocycles. The van der Waals surface area contributed by atoms with Gasteiger partial charge in [0, 0.05) is 24.2 Å². The van der Waals surface area contributed by atoms with Gasteiger partial charge in [0.15, 0.2) is 0 Å². The predicted molar refractivity (Wildman–Crippen MR) is 142 cm³/mol. The van der Waals surface area contributed by atoms with E-state index in [0.717, 1.165) is 24.4 Å². The molecule has 37 heavy (non-hydrogen) atoms. The molecule has 0 spiro atoms. The minimum atomic E-state index is -0.619. The van der Waals surface area contributed by atoms with Crippen LogP contribution in [0.1, 0.15) is 62.2 Å². The van der Waals surface area contributed by atoms with Crippen LogP contribution in [0.25, 0.3) is 11.1 Å². The largest absolute Gasteiger partial charge is 0.493 e. The highest BCUT2D eigenvalue weighted by atomic mass is 19.1. The number of hydrogen-bond acceptors (Lipinski definition) is 4. The van der Waals surface area contributed by atoms with Gasteiger partial charge >= 0.3 is 0 Å². The van der Waals surface area contributed by atoms with Crippen molar-refractivity contribution in [2.24, 2.45) is 17.1 Å². The van der Waals surface area contributed by atoms with Gasteiger partial charge in [0.1, 0.15) is 17.6 Å². The molecule has 1 aliphatic carbocycles. The third-order valence-corrected chi connectivity index (χ3v) is 8.58. The highest BCUT2D eigenvalue weighted by Crippen LogP contribution is 2.41. The van der Waals surface area contributed by atoms with Gasteiger partial charge in [0.2, 0.25) is 5.91 Å². The first-order valence-corrected chi connectivity index (χ1v) is 13.7. The molecule has 6 nitrogen and oxygen atoms in total. The molecule has 2 amide bonds. The molecule has 2 N–H and O–H groups in total. The molecule has 2 aromatic carbocycles. The molecular formula is C30H38FN3O3. The Hall–Kier alpha value is -2.93. The predicted octanol–water partition coefficient (Wildman–Crippen LogP) is 4.86. The molecule has 2 heterocycles. The fourth-order valence-electron chi connectivity index (χ4n) is 6.09. The Morgan fingerprint density at radius 1 is 1.03 bits per heavy atom. The molecular weight excluding hydrogens is 469 g/mol. The summed E-state index contributed by atoms with van der Waals surface area (Å²) in [6.07, 6.45) is 7.73. The summed E-state index contributed by atoms with van der Waals surface area (Å²) in [4.78, 5) is 28.5. The molecule has 2 aromatic rings. The highest BCUT2D eigenvalue weighted by Gasteiger charge is 2.35. The topological polar surface area (TPSA) is 75.9 Å². The average Bonchev–Trinajstić information content (AvgIpc) is 3.38. The van der Waals surface area contributed by atoms with Crippen LogP contribution in [0.2, 0.25) is 0 Å². The van der Waals surface area contributed by atoms with Gasteiger partial charge in [0.05, 0.1) is 6.61 Å². The molecule has 0 bridgehead atoms. The Morgan fingerprint density at radius 3 is 2.38 bits per heavy atom. The van der Waals surface area contributed by atoms with E-state index in [0.29, 0.717) is 42.9 Å². The van der Waals surface area contributed by atoms with Gasteiger partial charge in [-0.15, -0.1) is 0 Å². The number of halogens is 1. The zero-order valence-electron chi connectivity index (χ0n) is 21.8. The molecule has 5 rings (SSSR count). The number of amides is 2. The van der Waals surface area contributed by atoms with Crippen LogP contribution in [-0.4, -0.2) is 60.4 Å². The van der Waals surface area contributed by atoms with Crippen molar-refractivity contribution >= 4 is 11.8 Å². The third-order valence-electron chi connectivity index (χ3n) is 8.58. The first-order chi connectivity index (χ1) is 17.8. The van der Waals surface area contributed by atoms with Crippen LogP contribution in [0.4, 0.5) is 4.39 Å². The lowest BCUT2D eigenvalue weighted by Gasteiger charge is -2.44. The fourth-order valence-corrected chi connectivity index (χ4v) is 6.09. The summed E-state index contributed by atoms with van der Waals surface area (Å²) in [5.41, 5.74) is 7.33. The molecule has 198 valence electrons. The van der Waals surface area contributed by atoms with E-state index in [2.05, 4.69) is 11.8 Å². The van der Waals surface area contributed by atoms with E-state index < -0.39 is 17.8 Å². The second kappa shape index (κ2) is 10.8. The van der Waals surface area contributed by atoms with Crippen LogP contribution in [0.3, 0.4) is 0 Å². The van der Waals surface area contributed by atoms with Crippen molar-refractivity contribution in [3.8, 4) is 16.9 Å². The molecule has 1 saturated carbocycles. The van der Waals surface area contributed by atoms with Crippen LogP contribution < -0.4 is 10.5 Å². The SMILES string of the molecule is CC1(CN2CCC(COc3ccc(-c4ccc(C(=O)N5CCC[C@H]5C(N)=O)cc4F)cc3)CC2)CCC1. The maximum Gasteiger partial charge on any atom is 0.254 e. The van der Waals surface area contributed by atoms with E-state index in [9.17, 15) is 14.0 Å². The van der Waals surface area contributed by atoms with Crippen LogP contribution in [0.5, 0.6) is 5.75 Å². The monoisotopic (exact) mass is 507 g/mol. The zero-order valence-corrected chi connectivity index (χ0v) is 21.8. The van der Waals surface area contributed by atoms with E-state index in [1.807, 2.05) is 24.3 Å². The van der Waals surface area contributed by atoms with Crippen LogP contribution in [-0.2, 0) is 4.79 Å². The number of carbonyl (C=O) groups is 2. The summed E-state index contributed by atoms with van der Waals surface area (Å²) in [6.45, 7) is 7.13. The lowest BCUT2D eigenvalue weighted by atomic mass is 9.70. The zero-order chi connectivity index (χ0) is 26.0. The van der Waals surface area contributed by atoms with Crippen molar-refractivity contribution in [2.45, 2.75) is 57.9 Å². The number of ether oxygens (including phenoxy) is 1. The van der Waals surface area contributed by atoms with Crippen molar-refractivity contribution in [2.75, 3.05) is 32.8 Å². The van der Waals surface area contributed by atoms with E-state index in [-0.39, 0.29) is 11.5 Å². The first-order valence-electron chi connectivity index (χ1n) is 13.7. The van der Waals surface area contributed by atoms with E-state index in [4.69, 9.17) is 10.5 Å². The second-order valence-electron chi connectivity index (χ2n) is 11.5. The van der Waals surface area contributed by atoms with Crippen molar-refractivity contribution in [1.29, 1.82) is 0 Å². The van der Waals surface area contributed by atoms with Crippen LogP contribution in [0, 0.1) is 17.2 Å². The highest BCUT2D eigenvalue weighted by molar-refractivity contribution is 5.98. The van der Waals surface area contributed by atoms with Crippen LogP contribution in [0.15, 0.2) is 42.5 Å². The summed E-state index contributed by atoms with van der Waals surface area (Å²) >= 11 is 0. The number of hydrogen-bond donors (Lipinski definition) is 1. The van der Waals surface area contributed by atoms with Gasteiger partial charge in [0.25, 0.3) is 5.91 Å². The Bertz CT molecular complexity index is 1120. The van der Waals surface area contributed by atoms with Gasteiger partial charge < -0.3 is 20.3 Å². The van der Waals surface area contributed by atoms with Crippen LogP contribution >= 0.6 is 0 Å². The fraction of sp³-hybridized carbons (Fsp3) is 0.533. The second-order valence-corrected chi connectivity index (χ2v) is 11.5. The van der Waals surface area contributed by atoms with E-state index in [1.54, 1.807) is 12.1 Å². The molecule has 3 aliphatic rings. The molecule has 1 atom stereocenters. The number of rotatable bonds is 8. The van der Waals surface area contributed by atoms with Crippen molar-refractivity contribution in [3.63, 3.8) is 0 Å². The van der Waals surface area contributed by atoms with Gasteiger partial charge in [-0.2, -0.15) is 0 Å². The number of nitrogens with two attached hydrogens (primary N) is 1. The lowest BCUT2D eigenvalue weighted by Crippen LogP contribution is -2.44. The summed E-state index contributed by atoms with van der Waals surface area (Å²) in [7, 11) is 0. The lowest BCUT2D eigenvalue weighted by molar-refractivity contribution is -0.121. The molecule has 0 unspecified atom stereocenters. The number of primary amides is 1. The first kappa shape index (κ1) is 25.7. The summed E-state index contributed by atoms with van der Waals surface area (Å²) in [5.74, 6) is -0.00574. The summed E-state index contributed by atoms with van der Waals surface area (Å²) in [6, 6.07) is 11.3. The Kier molecular flexibility index (Phi) is 7.52. The number of carbonyl (C=O) groups excluding carboxylic acids is 2. The van der Waals surface area contributed by atoms with Crippen molar-refractivity contribution in [3.05, 3.63) is 53.8 Å². The van der Waals surface area contributed by atoms with Crippen molar-refractivity contribution < 1.29 is 18.7 Å². The number of piperidine rings is 1. The van der Waals surface area contributed by atoms with E-state index in [1.165, 1.54) is 49.6 Å². The molecule has 7 heteroatoms. The van der Waals surface area contributed by atoms with Crippen molar-refractivity contribution in [1.82, 2.24) is 9.80 Å². The molecule has 2 aliphatic heterocycles. The van der Waals surface area contributed by atoms with Gasteiger partial charge in [-0.1, -0.05) is 31.5 Å². The van der Waals surface area contributed by atoms with Gasteiger partial charge in [-0.05, 0) is 92.8 Å². The summed E-state index contributed by atoms with van der Waals surface area (Å²) < 4.78 is 21.1. The smallest absolute Gasteiger partial charge is 0.254 e. The Morgan fingerprint density at radius 2 is 1.76 bits per heavy atom. The average molecular weight is 508 g/mol. The normalized spacial score (nSPS) is 22.0. The van der Waals surface area contributed by atoms with Gasteiger partial charge in [-0.25, -0.2) is 4.39 Å². The third kappa shape index (κ3) is 5.82. The minimum Gasteiger partial charge on any atom is -0.493 e. The Balaban J connectivity index is 1.14. The standard InChI is InChI=1S/C30H38FN3O3/c1-30(13-3-14-30)20-33-16-11-21(12-17-33)19-37-24-8-5-22(6-9-24)25-10-7-23(18-26(25)31)29(36)34-15-2-4-27(34)28(32)35/h5-10,18,21,27H,2-4,11-17,19-20H2,1H3,(H2,32,35)/t27-/m0/s1. The van der Waals surface area contributed by atoms with E-state index >= 15 is 0 Å². The number of nitrogens with zero attached hydrogens (tertiary/aromatic N) is 2. The Labute approximate surface area is 219 Å². The maximum atomic E-state index is 15.0. The number of benzene rings is 2. The molecule has 0 radical (unpaired) electrons. The van der Waals surface area contributed by atoms with Gasteiger partial charge in [-0.3, -0.25) is 9.59 Å². The number of likely N-dealkylation sites (tertiary alicyclic amines) is 2. The molecule has 2 saturated heterocycles. The molecule has 3 fully saturated rings. The maximum absolute atomic E-state index is 15.0. The minimum absolute atomic E-state index is 0.224.